The second-order valence-electron chi connectivity index (χ2n) is 8.14. The summed E-state index contributed by atoms with van der Waals surface area (Å²) in [5.41, 5.74) is 2.55. The van der Waals surface area contributed by atoms with E-state index < -0.39 is 11.9 Å². The van der Waals surface area contributed by atoms with Gasteiger partial charge in [0, 0.05) is 17.3 Å². The zero-order chi connectivity index (χ0) is 23.1. The van der Waals surface area contributed by atoms with Crippen LogP contribution in [0, 0.1) is 12.7 Å². The Morgan fingerprint density at radius 3 is 2.88 bits per heavy atom. The number of halogens is 1. The van der Waals surface area contributed by atoms with Crippen LogP contribution in [0.2, 0.25) is 0 Å². The summed E-state index contributed by atoms with van der Waals surface area (Å²) in [5, 5.41) is 13.2. The lowest BCUT2D eigenvalue weighted by Crippen LogP contribution is -2.32. The van der Waals surface area contributed by atoms with Gasteiger partial charge in [0.2, 0.25) is 0 Å². The summed E-state index contributed by atoms with van der Waals surface area (Å²) in [6, 6.07) is 9.59. The molecule has 1 aromatic carbocycles. The minimum atomic E-state index is -0.627. The number of amides is 1. The van der Waals surface area contributed by atoms with Gasteiger partial charge in [0.25, 0.3) is 5.91 Å². The smallest absolute Gasteiger partial charge is 0.260 e. The van der Waals surface area contributed by atoms with Gasteiger partial charge in [0.15, 0.2) is 0 Å². The van der Waals surface area contributed by atoms with Crippen LogP contribution in [-0.2, 0) is 11.3 Å². The van der Waals surface area contributed by atoms with Crippen LogP contribution in [0.15, 0.2) is 42.6 Å². The third-order valence-electron chi connectivity index (χ3n) is 5.90. The Morgan fingerprint density at radius 2 is 2.12 bits per heavy atom. The molecule has 2 atom stereocenters. The first-order valence-electron chi connectivity index (χ1n) is 10.6. The zero-order valence-electron chi connectivity index (χ0n) is 18.2. The van der Waals surface area contributed by atoms with E-state index >= 15 is 0 Å². The second kappa shape index (κ2) is 8.42. The number of nitrogens with one attached hydrogen (secondary N) is 1. The monoisotopic (exact) mass is 450 g/mol. The zero-order valence-corrected chi connectivity index (χ0v) is 18.2. The number of ether oxygens (including phenoxy) is 2. The summed E-state index contributed by atoms with van der Waals surface area (Å²) < 4.78 is 25.4. The Labute approximate surface area is 190 Å². The molecule has 1 amide bonds. The van der Waals surface area contributed by atoms with Gasteiger partial charge in [-0.15, -0.1) is 0 Å². The number of benzene rings is 1. The van der Waals surface area contributed by atoms with E-state index in [4.69, 9.17) is 9.47 Å². The molecule has 0 unspecified atom stereocenters. The minimum absolute atomic E-state index is 0.194. The van der Waals surface area contributed by atoms with Crippen molar-refractivity contribution in [3.8, 4) is 17.0 Å². The Balaban J connectivity index is 1.51. The molecule has 4 heterocycles. The molecule has 2 aliphatic heterocycles. The fourth-order valence-electron chi connectivity index (χ4n) is 4.26. The van der Waals surface area contributed by atoms with Gasteiger partial charge in [-0.25, -0.2) is 9.37 Å². The summed E-state index contributed by atoms with van der Waals surface area (Å²) >= 11 is 0. The van der Waals surface area contributed by atoms with Crippen LogP contribution >= 0.6 is 0 Å². The number of pyridine rings is 2. The quantitative estimate of drug-likeness (QED) is 0.617. The van der Waals surface area contributed by atoms with Gasteiger partial charge in [-0.3, -0.25) is 14.7 Å². The molecule has 1 saturated heterocycles. The van der Waals surface area contributed by atoms with Crippen molar-refractivity contribution in [2.24, 2.45) is 0 Å². The fourth-order valence-corrected chi connectivity index (χ4v) is 4.26. The SMILES string of the molecule is COc1cccc(F)c1-c1nccc2c1CN(c1cc(C)cc(N[C@@H]3COC[C@@H]3O)n1)C2=O. The molecule has 0 bridgehead atoms. The number of aryl methyl sites for hydroxylation is 1. The highest BCUT2D eigenvalue weighted by atomic mass is 19.1. The van der Waals surface area contributed by atoms with Gasteiger partial charge in [-0.2, -0.15) is 0 Å². The van der Waals surface area contributed by atoms with Crippen LogP contribution in [0.25, 0.3) is 11.3 Å². The topological polar surface area (TPSA) is 96.8 Å². The van der Waals surface area contributed by atoms with Gasteiger partial charge < -0.3 is 19.9 Å². The van der Waals surface area contributed by atoms with Crippen LogP contribution in [-0.4, -0.2) is 53.5 Å². The number of anilines is 2. The average Bonchev–Trinajstić information content (AvgIpc) is 3.36. The first-order chi connectivity index (χ1) is 16.0. The van der Waals surface area contributed by atoms with Crippen molar-refractivity contribution in [2.45, 2.75) is 25.6 Å². The van der Waals surface area contributed by atoms with E-state index in [9.17, 15) is 14.3 Å². The number of fused-ring (bicyclic) bond motifs is 1. The normalized spacial score (nSPS) is 19.6. The molecular formula is C24H23FN4O4. The lowest BCUT2D eigenvalue weighted by atomic mass is 10.0. The van der Waals surface area contributed by atoms with Crippen LogP contribution in [0.1, 0.15) is 21.5 Å². The molecule has 170 valence electrons. The molecule has 0 aliphatic carbocycles. The Morgan fingerprint density at radius 1 is 1.27 bits per heavy atom. The largest absolute Gasteiger partial charge is 0.496 e. The number of hydrogen-bond acceptors (Lipinski definition) is 7. The van der Waals surface area contributed by atoms with Gasteiger partial charge in [0.1, 0.15) is 23.2 Å². The van der Waals surface area contributed by atoms with E-state index in [2.05, 4.69) is 15.3 Å². The molecule has 0 saturated carbocycles. The molecule has 0 radical (unpaired) electrons. The van der Waals surface area contributed by atoms with Crippen molar-refractivity contribution in [3.05, 3.63) is 65.1 Å². The van der Waals surface area contributed by atoms with Crippen LogP contribution in [0.5, 0.6) is 5.75 Å². The molecular weight excluding hydrogens is 427 g/mol. The van der Waals surface area contributed by atoms with E-state index in [0.717, 1.165) is 5.56 Å². The molecule has 2 N–H and O–H groups in total. The predicted molar refractivity (Wildman–Crippen MR) is 120 cm³/mol. The van der Waals surface area contributed by atoms with Crippen LogP contribution in [0.3, 0.4) is 0 Å². The maximum atomic E-state index is 14.8. The van der Waals surface area contributed by atoms with Gasteiger partial charge in [-0.05, 0) is 42.8 Å². The van der Waals surface area contributed by atoms with E-state index in [0.29, 0.717) is 40.8 Å². The molecule has 9 heteroatoms. The van der Waals surface area contributed by atoms with Crippen LogP contribution < -0.4 is 15.0 Å². The van der Waals surface area contributed by atoms with Crippen molar-refractivity contribution in [2.75, 3.05) is 30.5 Å². The third kappa shape index (κ3) is 3.79. The minimum Gasteiger partial charge on any atom is -0.496 e. The molecule has 2 aliphatic rings. The summed E-state index contributed by atoms with van der Waals surface area (Å²) in [6.07, 6.45) is 0.873. The van der Waals surface area contributed by atoms with E-state index in [1.54, 1.807) is 23.1 Å². The van der Waals surface area contributed by atoms with Gasteiger partial charge in [-0.1, -0.05) is 6.07 Å². The first kappa shape index (κ1) is 21.3. The predicted octanol–water partition coefficient (Wildman–Crippen LogP) is 2.93. The van der Waals surface area contributed by atoms with Gasteiger partial charge in [0.05, 0.1) is 50.3 Å². The summed E-state index contributed by atoms with van der Waals surface area (Å²) in [4.78, 5) is 23.8. The Hall–Kier alpha value is -3.56. The Kier molecular flexibility index (Phi) is 5.43. The van der Waals surface area contributed by atoms with E-state index in [1.165, 1.54) is 19.4 Å². The summed E-state index contributed by atoms with van der Waals surface area (Å²) in [5.74, 6) is 0.631. The van der Waals surface area contributed by atoms with E-state index in [1.807, 2.05) is 19.1 Å². The fraction of sp³-hybridized carbons (Fsp3) is 0.292. The standard InChI is InChI=1S/C24H23FN4O4/c1-13-8-20(27-17-11-33-12-18(17)30)28-21(9-13)29-10-15-14(24(29)31)6-7-26-23(15)22-16(25)4-3-5-19(22)32-2/h3-9,17-18,30H,10-12H2,1-2H3,(H,27,28)/t17-,18+/m1/s1. The lowest BCUT2D eigenvalue weighted by Gasteiger charge is -2.20. The van der Waals surface area contributed by atoms with Crippen LogP contribution in [0.4, 0.5) is 16.0 Å². The van der Waals surface area contributed by atoms with E-state index in [-0.39, 0.29) is 30.7 Å². The third-order valence-corrected chi connectivity index (χ3v) is 5.90. The average molecular weight is 450 g/mol. The maximum Gasteiger partial charge on any atom is 0.260 e. The molecule has 5 rings (SSSR count). The number of nitrogens with zero attached hydrogens (tertiary/aromatic N) is 3. The highest BCUT2D eigenvalue weighted by Gasteiger charge is 2.34. The second-order valence-corrected chi connectivity index (χ2v) is 8.14. The Bertz CT molecular complexity index is 1240. The number of methoxy groups -OCH3 is 1. The number of aliphatic hydroxyl groups is 1. The summed E-state index contributed by atoms with van der Waals surface area (Å²) in [6.45, 7) is 2.74. The number of carbonyl (C=O) groups excluding carboxylic acids is 1. The molecule has 2 aromatic heterocycles. The molecule has 33 heavy (non-hydrogen) atoms. The highest BCUT2D eigenvalue weighted by Crippen LogP contribution is 2.38. The maximum absolute atomic E-state index is 14.8. The lowest BCUT2D eigenvalue weighted by molar-refractivity contribution is 0.0996. The number of aromatic nitrogens is 2. The number of rotatable bonds is 5. The van der Waals surface area contributed by atoms with Crippen molar-refractivity contribution >= 4 is 17.5 Å². The molecule has 8 nitrogen and oxygen atoms in total. The molecule has 3 aromatic rings. The van der Waals surface area contributed by atoms with Crippen molar-refractivity contribution in [1.82, 2.24) is 9.97 Å². The van der Waals surface area contributed by atoms with Gasteiger partial charge >= 0.3 is 0 Å². The summed E-state index contributed by atoms with van der Waals surface area (Å²) in [7, 11) is 1.47. The first-order valence-corrected chi connectivity index (χ1v) is 10.6. The number of carbonyl (C=O) groups is 1. The molecule has 0 spiro atoms. The van der Waals surface area contributed by atoms with Crippen molar-refractivity contribution < 1.29 is 23.8 Å². The molecule has 1 fully saturated rings. The van der Waals surface area contributed by atoms with Crippen molar-refractivity contribution in [1.29, 1.82) is 0 Å². The number of aliphatic hydroxyl groups excluding tert-OH is 1. The number of hydrogen-bond donors (Lipinski definition) is 2. The van der Waals surface area contributed by atoms with Crippen molar-refractivity contribution in [3.63, 3.8) is 0 Å². The highest BCUT2D eigenvalue weighted by molar-refractivity contribution is 6.10.